The zero-order chi connectivity index (χ0) is 28.2. The van der Waals surface area contributed by atoms with Crippen molar-refractivity contribution in [1.82, 2.24) is 15.5 Å². The fraction of sp³-hybridized carbons (Fsp3) is 0.400. The number of nitrogens with one attached hydrogen (secondary N) is 2. The highest BCUT2D eigenvalue weighted by atomic mass is 19.1. The largest absolute Gasteiger partial charge is 0.497 e. The molecule has 2 amide bonds. The van der Waals surface area contributed by atoms with Crippen molar-refractivity contribution in [1.29, 1.82) is 0 Å². The third kappa shape index (κ3) is 9.25. The molecule has 1 fully saturated rings. The van der Waals surface area contributed by atoms with Crippen LogP contribution in [0, 0.1) is 11.6 Å². The molecule has 0 unspecified atom stereocenters. The van der Waals surface area contributed by atoms with Gasteiger partial charge in [0.1, 0.15) is 17.4 Å². The van der Waals surface area contributed by atoms with Crippen molar-refractivity contribution in [3.63, 3.8) is 0 Å². The van der Waals surface area contributed by atoms with Gasteiger partial charge in [0.15, 0.2) is 12.2 Å². The molecule has 1 saturated heterocycles. The quantitative estimate of drug-likeness (QED) is 0.275. The first-order chi connectivity index (χ1) is 18.0. The predicted molar refractivity (Wildman–Crippen MR) is 130 cm³/mol. The van der Waals surface area contributed by atoms with Crippen LogP contribution in [0.15, 0.2) is 42.5 Å². The van der Waals surface area contributed by atoms with E-state index in [0.29, 0.717) is 12.1 Å². The summed E-state index contributed by atoms with van der Waals surface area (Å²) in [6.07, 6.45) is -2.95. The number of aliphatic hydroxyl groups excluding tert-OH is 2. The lowest BCUT2D eigenvalue weighted by atomic mass is 10.0. The van der Waals surface area contributed by atoms with Gasteiger partial charge < -0.3 is 40.7 Å². The van der Waals surface area contributed by atoms with Crippen molar-refractivity contribution in [3.05, 3.63) is 65.2 Å². The summed E-state index contributed by atoms with van der Waals surface area (Å²) in [5, 5.41) is 38.7. The molecule has 2 aromatic rings. The SMILES string of the molecule is COc1ccc(CNC(=O)N(Cc2ccc(F)cc2F)C2CCNCC2)cc1.O=C(O)[C@H](O)[C@@H](O)C(=O)O. The minimum Gasteiger partial charge on any atom is -0.497 e. The summed E-state index contributed by atoms with van der Waals surface area (Å²) in [7, 11) is 1.60. The van der Waals surface area contributed by atoms with Crippen LogP contribution in [0.3, 0.4) is 0 Å². The van der Waals surface area contributed by atoms with Gasteiger partial charge in [0.2, 0.25) is 0 Å². The Morgan fingerprint density at radius 3 is 2.11 bits per heavy atom. The van der Waals surface area contributed by atoms with E-state index in [4.69, 9.17) is 25.2 Å². The van der Waals surface area contributed by atoms with Crippen LogP contribution >= 0.6 is 0 Å². The summed E-state index contributed by atoms with van der Waals surface area (Å²) in [5.74, 6) is -4.05. The molecule has 1 heterocycles. The number of carboxylic acids is 2. The Morgan fingerprint density at radius 2 is 1.61 bits per heavy atom. The van der Waals surface area contributed by atoms with Crippen molar-refractivity contribution in [3.8, 4) is 5.75 Å². The monoisotopic (exact) mass is 539 g/mol. The Hall–Kier alpha value is -3.81. The van der Waals surface area contributed by atoms with Gasteiger partial charge in [-0.25, -0.2) is 23.2 Å². The number of hydrogen-bond donors (Lipinski definition) is 6. The molecule has 2 atom stereocenters. The van der Waals surface area contributed by atoms with Gasteiger partial charge in [-0.2, -0.15) is 0 Å². The molecule has 0 aromatic heterocycles. The highest BCUT2D eigenvalue weighted by Crippen LogP contribution is 2.19. The number of rotatable bonds is 9. The Kier molecular flexibility index (Phi) is 11.9. The Morgan fingerprint density at radius 1 is 1.03 bits per heavy atom. The van der Waals surface area contributed by atoms with Gasteiger partial charge >= 0.3 is 18.0 Å². The number of benzene rings is 2. The Balaban J connectivity index is 0.000000432. The lowest BCUT2D eigenvalue weighted by Crippen LogP contribution is -2.49. The second kappa shape index (κ2) is 14.8. The summed E-state index contributed by atoms with van der Waals surface area (Å²) in [4.78, 5) is 34.1. The van der Waals surface area contributed by atoms with Gasteiger partial charge in [-0.3, -0.25) is 0 Å². The van der Waals surface area contributed by atoms with E-state index in [0.717, 1.165) is 43.3 Å². The van der Waals surface area contributed by atoms with E-state index in [-0.39, 0.29) is 18.6 Å². The highest BCUT2D eigenvalue weighted by Gasteiger charge is 2.29. The smallest absolute Gasteiger partial charge is 0.335 e. The molecule has 208 valence electrons. The number of aliphatic hydroxyl groups is 2. The van der Waals surface area contributed by atoms with Gasteiger partial charge in [-0.1, -0.05) is 18.2 Å². The normalized spacial score (nSPS) is 14.9. The average Bonchev–Trinajstić information content (AvgIpc) is 2.91. The molecule has 38 heavy (non-hydrogen) atoms. The molecule has 1 aliphatic rings. The van der Waals surface area contributed by atoms with Crippen LogP contribution in [0.2, 0.25) is 0 Å². The van der Waals surface area contributed by atoms with Crippen LogP contribution in [0.5, 0.6) is 5.75 Å². The maximum absolute atomic E-state index is 14.1. The second-order valence-corrected chi connectivity index (χ2v) is 8.42. The van der Waals surface area contributed by atoms with Crippen LogP contribution in [0.4, 0.5) is 13.6 Å². The number of methoxy groups -OCH3 is 1. The van der Waals surface area contributed by atoms with Gasteiger partial charge in [0, 0.05) is 24.2 Å². The molecule has 0 aliphatic carbocycles. The van der Waals surface area contributed by atoms with E-state index >= 15 is 0 Å². The fourth-order valence-corrected chi connectivity index (χ4v) is 3.61. The number of halogens is 2. The number of hydrogen-bond acceptors (Lipinski definition) is 7. The van der Waals surface area contributed by atoms with E-state index in [1.54, 1.807) is 12.0 Å². The molecule has 0 saturated carbocycles. The maximum Gasteiger partial charge on any atom is 0.335 e. The molecule has 0 bridgehead atoms. The zero-order valence-corrected chi connectivity index (χ0v) is 20.6. The zero-order valence-electron chi connectivity index (χ0n) is 20.6. The summed E-state index contributed by atoms with van der Waals surface area (Å²) >= 11 is 0. The molecule has 3 rings (SSSR count). The fourth-order valence-electron chi connectivity index (χ4n) is 3.61. The summed E-state index contributed by atoms with van der Waals surface area (Å²) in [6.45, 7) is 2.07. The van der Waals surface area contributed by atoms with Gasteiger partial charge in [0.05, 0.1) is 13.7 Å². The average molecular weight is 540 g/mol. The summed E-state index contributed by atoms with van der Waals surface area (Å²) in [5.41, 5.74) is 1.24. The summed E-state index contributed by atoms with van der Waals surface area (Å²) < 4.78 is 32.5. The minimum atomic E-state index is -2.27. The van der Waals surface area contributed by atoms with Gasteiger partial charge in [-0.15, -0.1) is 0 Å². The second-order valence-electron chi connectivity index (χ2n) is 8.42. The van der Waals surface area contributed by atoms with Crippen molar-refractivity contribution in [2.24, 2.45) is 0 Å². The highest BCUT2D eigenvalue weighted by molar-refractivity contribution is 5.83. The molecule has 0 radical (unpaired) electrons. The number of piperidine rings is 1. The first-order valence-corrected chi connectivity index (χ1v) is 11.7. The number of ether oxygens (including phenoxy) is 1. The maximum atomic E-state index is 14.1. The standard InChI is InChI=1S/C21H25F2N3O2.C4H6O6/c1-28-19-6-2-15(3-7-19)13-25-21(27)26(18-8-10-24-11-9-18)14-16-4-5-17(22)12-20(16)23;5-1(3(7)8)2(6)4(9)10/h2-7,12,18,24H,8-11,13-14H2,1H3,(H,25,27);1-2,5-6H,(H,7,8)(H,9,10)/t;1-,2-/m.1/s1. The lowest BCUT2D eigenvalue weighted by molar-refractivity contribution is -0.165. The van der Waals surface area contributed by atoms with E-state index in [2.05, 4.69) is 10.6 Å². The van der Waals surface area contributed by atoms with E-state index in [1.807, 2.05) is 24.3 Å². The molecule has 11 nitrogen and oxygen atoms in total. The van der Waals surface area contributed by atoms with Crippen molar-refractivity contribution >= 4 is 18.0 Å². The molecule has 6 N–H and O–H groups in total. The van der Waals surface area contributed by atoms with E-state index < -0.39 is 35.8 Å². The third-order valence-electron chi connectivity index (χ3n) is 5.77. The predicted octanol–water partition coefficient (Wildman–Crippen LogP) is 1.31. The van der Waals surface area contributed by atoms with Crippen molar-refractivity contribution in [2.75, 3.05) is 20.2 Å². The molecule has 0 spiro atoms. The first-order valence-electron chi connectivity index (χ1n) is 11.7. The van der Waals surface area contributed by atoms with E-state index in [9.17, 15) is 23.2 Å². The Bertz CT molecular complexity index is 1060. The lowest BCUT2D eigenvalue weighted by Gasteiger charge is -2.35. The Labute approximate surface area is 217 Å². The summed E-state index contributed by atoms with van der Waals surface area (Å²) in [6, 6.07) is 10.6. The van der Waals surface area contributed by atoms with Gasteiger partial charge in [0.25, 0.3) is 0 Å². The molecular weight excluding hydrogens is 508 g/mol. The third-order valence-corrected chi connectivity index (χ3v) is 5.77. The van der Waals surface area contributed by atoms with Crippen molar-refractivity contribution in [2.45, 2.75) is 44.2 Å². The molecular formula is C25H31F2N3O8. The van der Waals surface area contributed by atoms with Crippen molar-refractivity contribution < 1.29 is 48.3 Å². The number of aliphatic carboxylic acids is 2. The first kappa shape index (κ1) is 30.4. The van der Waals surface area contributed by atoms with Crippen LogP contribution in [0.1, 0.15) is 24.0 Å². The molecule has 13 heteroatoms. The number of carbonyl (C=O) groups is 3. The van der Waals surface area contributed by atoms with E-state index in [1.165, 1.54) is 12.1 Å². The van der Waals surface area contributed by atoms with Crippen LogP contribution in [-0.2, 0) is 22.7 Å². The number of amides is 2. The number of urea groups is 1. The minimum absolute atomic E-state index is 0.00145. The van der Waals surface area contributed by atoms with Gasteiger partial charge in [-0.05, 0) is 49.7 Å². The number of nitrogens with zero attached hydrogens (tertiary/aromatic N) is 1. The molecule has 1 aliphatic heterocycles. The van der Waals surface area contributed by atoms with Crippen LogP contribution < -0.4 is 15.4 Å². The van der Waals surface area contributed by atoms with Crippen LogP contribution in [0.25, 0.3) is 0 Å². The molecule has 2 aromatic carbocycles. The number of carboxylic acid groups (broad SMARTS) is 2. The number of carbonyl (C=O) groups excluding carboxylic acids is 1. The topological polar surface area (TPSA) is 169 Å². The van der Waals surface area contributed by atoms with Crippen LogP contribution in [-0.4, -0.2) is 81.7 Å².